The molecule has 0 radical (unpaired) electrons. The minimum absolute atomic E-state index is 0.137. The number of methoxy groups -OCH3 is 1. The van der Waals surface area contributed by atoms with Gasteiger partial charge in [0.1, 0.15) is 18.1 Å². The molecule has 28 heavy (non-hydrogen) atoms. The molecule has 3 aromatic carbocycles. The van der Waals surface area contributed by atoms with Gasteiger partial charge in [0, 0.05) is 7.05 Å². The number of nitrogens with one attached hydrogen (secondary N) is 1. The van der Waals surface area contributed by atoms with E-state index in [4.69, 9.17) is 9.47 Å². The largest absolute Gasteiger partial charge is 0.496 e. The van der Waals surface area contributed by atoms with Gasteiger partial charge in [0.25, 0.3) is 0 Å². The van der Waals surface area contributed by atoms with Gasteiger partial charge in [-0.3, -0.25) is 0 Å². The van der Waals surface area contributed by atoms with Crippen molar-refractivity contribution in [1.29, 1.82) is 0 Å². The van der Waals surface area contributed by atoms with Crippen molar-refractivity contribution >= 4 is 0 Å². The molecular formula is C22H21N3O3. The maximum absolute atomic E-state index is 12.1. The van der Waals surface area contributed by atoms with Crippen molar-refractivity contribution in [1.82, 2.24) is 14.6 Å². The molecule has 0 unspecified atom stereocenters. The quantitative estimate of drug-likeness (QED) is 0.558. The molecule has 0 bridgehead atoms. The third-order valence-electron chi connectivity index (χ3n) is 4.64. The molecule has 4 rings (SSSR count). The van der Waals surface area contributed by atoms with Gasteiger partial charge in [-0.15, -0.1) is 0 Å². The summed E-state index contributed by atoms with van der Waals surface area (Å²) in [5.41, 5.74) is 3.66. The van der Waals surface area contributed by atoms with Crippen LogP contribution in [0.15, 0.2) is 77.6 Å². The number of nitrogens with zero attached hydrogens (tertiary/aromatic N) is 2. The van der Waals surface area contributed by atoms with E-state index in [0.29, 0.717) is 11.4 Å². The first-order valence-electron chi connectivity index (χ1n) is 8.95. The Labute approximate surface area is 162 Å². The maximum atomic E-state index is 12.1. The summed E-state index contributed by atoms with van der Waals surface area (Å²) in [5.74, 6) is 1.42. The molecular weight excluding hydrogens is 354 g/mol. The van der Waals surface area contributed by atoms with Gasteiger partial charge >= 0.3 is 5.69 Å². The third kappa shape index (κ3) is 3.32. The SMILES string of the molecule is COc1cccc(-n2[nH]n(C)c2=O)c1COc1ccc(-c2ccccc2)cc1. The second-order valence-corrected chi connectivity index (χ2v) is 6.41. The standard InChI is InChI=1S/C22H21N3O3/c1-24-22(26)25(23-24)20-9-6-10-21(27-2)19(20)15-28-18-13-11-17(12-14-18)16-7-4-3-5-8-16/h3-14,23H,15H2,1-2H3. The Bertz CT molecular complexity index is 1120. The molecule has 6 heteroatoms. The van der Waals surface area contributed by atoms with Crippen molar-refractivity contribution in [3.05, 3.63) is 88.8 Å². The van der Waals surface area contributed by atoms with E-state index >= 15 is 0 Å². The fourth-order valence-electron chi connectivity index (χ4n) is 3.13. The monoisotopic (exact) mass is 375 g/mol. The van der Waals surface area contributed by atoms with E-state index < -0.39 is 0 Å². The average Bonchev–Trinajstić information content (AvgIpc) is 2.76. The molecule has 6 nitrogen and oxygen atoms in total. The number of benzene rings is 3. The summed E-state index contributed by atoms with van der Waals surface area (Å²) in [5, 5.41) is 2.93. The third-order valence-corrected chi connectivity index (χ3v) is 4.64. The summed E-state index contributed by atoms with van der Waals surface area (Å²) >= 11 is 0. The lowest BCUT2D eigenvalue weighted by atomic mass is 10.1. The van der Waals surface area contributed by atoms with Gasteiger partial charge in [-0.1, -0.05) is 48.5 Å². The second-order valence-electron chi connectivity index (χ2n) is 6.41. The lowest BCUT2D eigenvalue weighted by molar-refractivity contribution is 0.294. The number of H-pyrrole nitrogens is 1. The van der Waals surface area contributed by atoms with Crippen molar-refractivity contribution in [2.45, 2.75) is 6.61 Å². The van der Waals surface area contributed by atoms with Crippen LogP contribution in [0.3, 0.4) is 0 Å². The molecule has 0 saturated heterocycles. The number of hydrogen-bond acceptors (Lipinski definition) is 3. The Morgan fingerprint density at radius 3 is 2.25 bits per heavy atom. The topological polar surface area (TPSA) is 61.2 Å². The first-order valence-corrected chi connectivity index (χ1v) is 8.95. The summed E-state index contributed by atoms with van der Waals surface area (Å²) in [6.07, 6.45) is 0. The van der Waals surface area contributed by atoms with Gasteiger partial charge in [0.15, 0.2) is 0 Å². The van der Waals surface area contributed by atoms with E-state index in [-0.39, 0.29) is 12.3 Å². The summed E-state index contributed by atoms with van der Waals surface area (Å²) in [7, 11) is 3.28. The van der Waals surface area contributed by atoms with Gasteiger partial charge in [0.05, 0.1) is 18.4 Å². The molecule has 0 aliphatic rings. The Hall–Kier alpha value is -3.67. The van der Waals surface area contributed by atoms with Crippen LogP contribution in [0, 0.1) is 0 Å². The number of rotatable bonds is 6. The molecule has 0 amide bonds. The number of hydrogen-bond donors (Lipinski definition) is 1. The highest BCUT2D eigenvalue weighted by Gasteiger charge is 2.16. The van der Waals surface area contributed by atoms with Crippen molar-refractivity contribution < 1.29 is 9.47 Å². The van der Waals surface area contributed by atoms with Crippen LogP contribution in [0.5, 0.6) is 11.5 Å². The highest BCUT2D eigenvalue weighted by molar-refractivity contribution is 5.63. The summed E-state index contributed by atoms with van der Waals surface area (Å²) in [4.78, 5) is 12.1. The van der Waals surface area contributed by atoms with Crippen LogP contribution < -0.4 is 15.2 Å². The fourth-order valence-corrected chi connectivity index (χ4v) is 3.13. The number of aromatic amines is 1. The van der Waals surface area contributed by atoms with Crippen LogP contribution in [0.25, 0.3) is 16.8 Å². The number of ether oxygens (including phenoxy) is 2. The number of aromatic nitrogens is 3. The summed E-state index contributed by atoms with van der Waals surface area (Å²) in [6.45, 7) is 0.277. The predicted octanol–water partition coefficient (Wildman–Crippen LogP) is 3.76. The minimum atomic E-state index is -0.137. The molecule has 4 aromatic rings. The van der Waals surface area contributed by atoms with E-state index in [0.717, 1.165) is 22.4 Å². The first kappa shape index (κ1) is 17.7. The number of aryl methyl sites for hydroxylation is 1. The maximum Gasteiger partial charge on any atom is 0.364 e. The second kappa shape index (κ2) is 7.52. The van der Waals surface area contributed by atoms with Crippen molar-refractivity contribution in [3.8, 4) is 28.3 Å². The fraction of sp³-hybridized carbons (Fsp3) is 0.136. The zero-order valence-electron chi connectivity index (χ0n) is 15.8. The van der Waals surface area contributed by atoms with Crippen LogP contribution >= 0.6 is 0 Å². The molecule has 0 spiro atoms. The zero-order valence-corrected chi connectivity index (χ0v) is 15.8. The summed E-state index contributed by atoms with van der Waals surface area (Å²) in [6, 6.07) is 23.7. The molecule has 0 atom stereocenters. The van der Waals surface area contributed by atoms with Gasteiger partial charge in [0.2, 0.25) is 0 Å². The van der Waals surface area contributed by atoms with Crippen LogP contribution in [0.1, 0.15) is 5.56 Å². The lowest BCUT2D eigenvalue weighted by Crippen LogP contribution is -2.40. The van der Waals surface area contributed by atoms with E-state index in [9.17, 15) is 4.79 Å². The molecule has 0 aliphatic heterocycles. The molecule has 142 valence electrons. The smallest absolute Gasteiger partial charge is 0.364 e. The molecule has 0 aliphatic carbocycles. The average molecular weight is 375 g/mol. The van der Waals surface area contributed by atoms with Crippen molar-refractivity contribution in [3.63, 3.8) is 0 Å². The Morgan fingerprint density at radius 1 is 0.893 bits per heavy atom. The van der Waals surface area contributed by atoms with Crippen LogP contribution in [-0.2, 0) is 13.7 Å². The Morgan fingerprint density at radius 2 is 1.61 bits per heavy atom. The molecule has 0 fully saturated rings. The first-order chi connectivity index (χ1) is 13.7. The van der Waals surface area contributed by atoms with Crippen LogP contribution in [0.2, 0.25) is 0 Å². The van der Waals surface area contributed by atoms with Gasteiger partial charge in [-0.05, 0) is 35.4 Å². The molecule has 1 N–H and O–H groups in total. The molecule has 0 saturated carbocycles. The zero-order chi connectivity index (χ0) is 19.5. The van der Waals surface area contributed by atoms with E-state index in [1.54, 1.807) is 14.2 Å². The highest BCUT2D eigenvalue weighted by Crippen LogP contribution is 2.27. The van der Waals surface area contributed by atoms with Gasteiger partial charge < -0.3 is 9.47 Å². The van der Waals surface area contributed by atoms with E-state index in [2.05, 4.69) is 17.3 Å². The van der Waals surface area contributed by atoms with Crippen molar-refractivity contribution in [2.75, 3.05) is 7.11 Å². The van der Waals surface area contributed by atoms with E-state index in [1.807, 2.05) is 60.7 Å². The highest BCUT2D eigenvalue weighted by atomic mass is 16.5. The normalized spacial score (nSPS) is 10.8. The summed E-state index contributed by atoms with van der Waals surface area (Å²) < 4.78 is 14.3. The Kier molecular flexibility index (Phi) is 4.76. The molecule has 1 heterocycles. The molecule has 1 aromatic heterocycles. The predicted molar refractivity (Wildman–Crippen MR) is 108 cm³/mol. The van der Waals surface area contributed by atoms with Crippen LogP contribution in [0.4, 0.5) is 0 Å². The van der Waals surface area contributed by atoms with Crippen LogP contribution in [-0.4, -0.2) is 21.7 Å². The minimum Gasteiger partial charge on any atom is -0.496 e. The van der Waals surface area contributed by atoms with E-state index in [1.165, 1.54) is 9.36 Å². The van der Waals surface area contributed by atoms with Gasteiger partial charge in [-0.25, -0.2) is 14.7 Å². The van der Waals surface area contributed by atoms with Gasteiger partial charge in [-0.2, -0.15) is 4.68 Å². The lowest BCUT2D eigenvalue weighted by Gasteiger charge is -2.19. The Balaban J connectivity index is 1.57. The van der Waals surface area contributed by atoms with Crippen molar-refractivity contribution in [2.24, 2.45) is 7.05 Å².